The van der Waals surface area contributed by atoms with Crippen LogP contribution in [0.3, 0.4) is 0 Å². The molecule has 5 heteroatoms. The minimum atomic E-state index is 0.0877. The van der Waals surface area contributed by atoms with Gasteiger partial charge < -0.3 is 14.8 Å². The molecule has 0 bridgehead atoms. The molecular formula is C24H31N3O2. The Morgan fingerprint density at radius 3 is 2.52 bits per heavy atom. The first-order valence-electron chi connectivity index (χ1n) is 10.7. The summed E-state index contributed by atoms with van der Waals surface area (Å²) in [7, 11) is 1.92. The average Bonchev–Trinajstić information content (AvgIpc) is 3.24. The summed E-state index contributed by atoms with van der Waals surface area (Å²) < 4.78 is 1.89. The lowest BCUT2D eigenvalue weighted by Crippen LogP contribution is -2.44. The minimum absolute atomic E-state index is 0.0877. The first kappa shape index (κ1) is 19.7. The van der Waals surface area contributed by atoms with Gasteiger partial charge in [-0.05, 0) is 67.7 Å². The SMILES string of the molecule is CC(C)NC(=O)C[C@@H]1CC2(CCN(C(=O)c3cccn3C)CC2)c2ccccc21. The van der Waals surface area contributed by atoms with E-state index >= 15 is 0 Å². The van der Waals surface area contributed by atoms with E-state index in [0.717, 1.165) is 38.0 Å². The predicted molar refractivity (Wildman–Crippen MR) is 114 cm³/mol. The average molecular weight is 394 g/mol. The molecule has 29 heavy (non-hydrogen) atoms. The Morgan fingerprint density at radius 1 is 1.14 bits per heavy atom. The number of hydrogen-bond acceptors (Lipinski definition) is 2. The minimum Gasteiger partial charge on any atom is -0.354 e. The topological polar surface area (TPSA) is 54.3 Å². The lowest BCUT2D eigenvalue weighted by atomic mass is 9.73. The molecule has 1 spiro atoms. The number of amides is 2. The molecule has 2 heterocycles. The van der Waals surface area contributed by atoms with Crippen LogP contribution in [0.5, 0.6) is 0 Å². The molecule has 2 aliphatic rings. The van der Waals surface area contributed by atoms with Crippen molar-refractivity contribution in [2.75, 3.05) is 13.1 Å². The van der Waals surface area contributed by atoms with Crippen LogP contribution in [-0.4, -0.2) is 40.4 Å². The lowest BCUT2D eigenvalue weighted by molar-refractivity contribution is -0.122. The van der Waals surface area contributed by atoms with E-state index in [-0.39, 0.29) is 29.2 Å². The zero-order valence-electron chi connectivity index (χ0n) is 17.6. The van der Waals surface area contributed by atoms with Crippen LogP contribution in [0.25, 0.3) is 0 Å². The Hall–Kier alpha value is -2.56. The molecule has 1 N–H and O–H groups in total. The molecule has 1 aliphatic carbocycles. The molecule has 0 radical (unpaired) electrons. The van der Waals surface area contributed by atoms with Gasteiger partial charge in [-0.1, -0.05) is 24.3 Å². The van der Waals surface area contributed by atoms with E-state index in [2.05, 4.69) is 29.6 Å². The van der Waals surface area contributed by atoms with Crippen molar-refractivity contribution >= 4 is 11.8 Å². The monoisotopic (exact) mass is 393 g/mol. The Kier molecular flexibility index (Phi) is 5.24. The van der Waals surface area contributed by atoms with Gasteiger partial charge in [0.15, 0.2) is 0 Å². The van der Waals surface area contributed by atoms with Crippen LogP contribution in [0, 0.1) is 0 Å². The number of aromatic nitrogens is 1. The molecule has 1 aromatic carbocycles. The second-order valence-electron chi connectivity index (χ2n) is 8.99. The van der Waals surface area contributed by atoms with Gasteiger partial charge in [-0.15, -0.1) is 0 Å². The summed E-state index contributed by atoms with van der Waals surface area (Å²) in [6.07, 6.45) is 5.39. The third kappa shape index (κ3) is 3.70. The summed E-state index contributed by atoms with van der Waals surface area (Å²) in [4.78, 5) is 27.3. The van der Waals surface area contributed by atoms with Crippen LogP contribution in [0.15, 0.2) is 42.6 Å². The lowest BCUT2D eigenvalue weighted by Gasteiger charge is -2.40. The molecule has 1 atom stereocenters. The van der Waals surface area contributed by atoms with Crippen LogP contribution in [-0.2, 0) is 17.3 Å². The van der Waals surface area contributed by atoms with E-state index in [9.17, 15) is 9.59 Å². The van der Waals surface area contributed by atoms with Gasteiger partial charge in [-0.2, -0.15) is 0 Å². The third-order valence-corrected chi connectivity index (χ3v) is 6.66. The number of piperidine rings is 1. The highest BCUT2D eigenvalue weighted by molar-refractivity contribution is 5.92. The van der Waals surface area contributed by atoms with E-state index < -0.39 is 0 Å². The van der Waals surface area contributed by atoms with Gasteiger partial charge in [0.05, 0.1) is 0 Å². The van der Waals surface area contributed by atoms with E-state index in [1.165, 1.54) is 11.1 Å². The quantitative estimate of drug-likeness (QED) is 0.863. The summed E-state index contributed by atoms with van der Waals surface area (Å²) in [5.41, 5.74) is 3.56. The molecule has 0 saturated carbocycles. The maximum Gasteiger partial charge on any atom is 0.270 e. The molecule has 2 aromatic rings. The van der Waals surface area contributed by atoms with Crippen LogP contribution < -0.4 is 5.32 Å². The highest BCUT2D eigenvalue weighted by Gasteiger charge is 2.46. The van der Waals surface area contributed by atoms with Gasteiger partial charge in [-0.3, -0.25) is 9.59 Å². The fourth-order valence-corrected chi connectivity index (χ4v) is 5.27. The van der Waals surface area contributed by atoms with Crippen molar-refractivity contribution < 1.29 is 9.59 Å². The number of carbonyl (C=O) groups excluding carboxylic acids is 2. The van der Waals surface area contributed by atoms with Gasteiger partial charge in [0.1, 0.15) is 5.69 Å². The van der Waals surface area contributed by atoms with Crippen molar-refractivity contribution in [3.8, 4) is 0 Å². The van der Waals surface area contributed by atoms with Gasteiger partial charge in [0.2, 0.25) is 5.91 Å². The maximum atomic E-state index is 12.9. The number of fused-ring (bicyclic) bond motifs is 2. The van der Waals surface area contributed by atoms with Gasteiger partial charge in [0.25, 0.3) is 5.91 Å². The Bertz CT molecular complexity index is 906. The highest BCUT2D eigenvalue weighted by atomic mass is 16.2. The van der Waals surface area contributed by atoms with Gasteiger partial charge in [0, 0.05) is 38.8 Å². The number of rotatable bonds is 4. The van der Waals surface area contributed by atoms with E-state index in [0.29, 0.717) is 6.42 Å². The second-order valence-corrected chi connectivity index (χ2v) is 8.99. The summed E-state index contributed by atoms with van der Waals surface area (Å²) in [6.45, 7) is 5.54. The van der Waals surface area contributed by atoms with E-state index in [4.69, 9.17) is 0 Å². The van der Waals surface area contributed by atoms with Crippen LogP contribution in [0.4, 0.5) is 0 Å². The smallest absolute Gasteiger partial charge is 0.270 e. The zero-order chi connectivity index (χ0) is 20.6. The zero-order valence-corrected chi connectivity index (χ0v) is 17.6. The third-order valence-electron chi connectivity index (χ3n) is 6.66. The van der Waals surface area contributed by atoms with Crippen molar-refractivity contribution in [3.63, 3.8) is 0 Å². The second kappa shape index (κ2) is 7.69. The molecule has 1 aromatic heterocycles. The van der Waals surface area contributed by atoms with E-state index in [1.54, 1.807) is 0 Å². The number of likely N-dealkylation sites (tertiary alicyclic amines) is 1. The summed E-state index contributed by atoms with van der Waals surface area (Å²) in [5.74, 6) is 0.514. The fraction of sp³-hybridized carbons (Fsp3) is 0.500. The predicted octanol–water partition coefficient (Wildman–Crippen LogP) is 3.60. The largest absolute Gasteiger partial charge is 0.354 e. The van der Waals surface area contributed by atoms with Crippen molar-refractivity contribution in [1.82, 2.24) is 14.8 Å². The number of nitrogens with one attached hydrogen (secondary N) is 1. The first-order valence-corrected chi connectivity index (χ1v) is 10.7. The molecule has 5 nitrogen and oxygen atoms in total. The van der Waals surface area contributed by atoms with Crippen molar-refractivity contribution in [2.45, 2.75) is 56.9 Å². The summed E-state index contributed by atoms with van der Waals surface area (Å²) in [6, 6.07) is 12.6. The van der Waals surface area contributed by atoms with Crippen molar-refractivity contribution in [3.05, 3.63) is 59.4 Å². The number of aryl methyl sites for hydroxylation is 1. The first-order chi connectivity index (χ1) is 13.9. The summed E-state index contributed by atoms with van der Waals surface area (Å²) >= 11 is 0. The summed E-state index contributed by atoms with van der Waals surface area (Å²) in [5, 5.41) is 3.04. The Morgan fingerprint density at radius 2 is 1.86 bits per heavy atom. The molecule has 2 amide bonds. The van der Waals surface area contributed by atoms with Crippen molar-refractivity contribution in [1.29, 1.82) is 0 Å². The Balaban J connectivity index is 1.50. The van der Waals surface area contributed by atoms with Crippen LogP contribution in [0.1, 0.15) is 67.1 Å². The molecule has 1 aliphatic heterocycles. The van der Waals surface area contributed by atoms with Crippen LogP contribution in [0.2, 0.25) is 0 Å². The number of carbonyl (C=O) groups is 2. The highest BCUT2D eigenvalue weighted by Crippen LogP contribution is 2.52. The standard InChI is InChI=1S/C24H31N3O2/c1-17(2)25-22(28)15-18-16-24(20-8-5-4-7-19(18)20)10-13-27(14-11-24)23(29)21-9-6-12-26(21)3/h4-9,12,17-18H,10-11,13-16H2,1-3H3,(H,25,28)/t18-/m1/s1. The van der Waals surface area contributed by atoms with Gasteiger partial charge >= 0.3 is 0 Å². The number of hydrogen-bond donors (Lipinski definition) is 1. The molecule has 1 saturated heterocycles. The normalized spacial score (nSPS) is 20.1. The van der Waals surface area contributed by atoms with Crippen LogP contribution >= 0.6 is 0 Å². The molecule has 154 valence electrons. The van der Waals surface area contributed by atoms with Gasteiger partial charge in [-0.25, -0.2) is 0 Å². The fourth-order valence-electron chi connectivity index (χ4n) is 5.27. The Labute approximate surface area is 173 Å². The molecule has 4 rings (SSSR count). The number of nitrogens with zero attached hydrogens (tertiary/aromatic N) is 2. The molecule has 1 fully saturated rings. The maximum absolute atomic E-state index is 12.9. The van der Waals surface area contributed by atoms with Crippen molar-refractivity contribution in [2.24, 2.45) is 7.05 Å². The molecule has 0 unspecified atom stereocenters. The van der Waals surface area contributed by atoms with E-state index in [1.807, 2.05) is 48.7 Å². The molecular weight excluding hydrogens is 362 g/mol. The number of benzene rings is 1.